The molecule has 130 valence electrons. The van der Waals surface area contributed by atoms with Crippen LogP contribution in [0.4, 0.5) is 0 Å². The van der Waals surface area contributed by atoms with Crippen LogP contribution in [0.25, 0.3) is 0 Å². The number of aryl methyl sites for hydroxylation is 3. The summed E-state index contributed by atoms with van der Waals surface area (Å²) in [6.45, 7) is 6.14. The standard InChI is InChI=1S/C18H23NO4S/c1-13-5-6-14(2)17(11-13)23-10-9-19-24(20,21)18-8-7-16(22-4)12-15(18)3/h5-8,11-12,19H,9-10H2,1-4H3. The second-order valence-electron chi connectivity index (χ2n) is 5.65. The maximum atomic E-state index is 12.4. The maximum absolute atomic E-state index is 12.4. The van der Waals surface area contributed by atoms with Gasteiger partial charge in [0.25, 0.3) is 0 Å². The first-order valence-corrected chi connectivity index (χ1v) is 9.16. The van der Waals surface area contributed by atoms with Gasteiger partial charge in [0.15, 0.2) is 0 Å². The number of methoxy groups -OCH3 is 1. The van der Waals surface area contributed by atoms with E-state index in [1.54, 1.807) is 32.2 Å². The van der Waals surface area contributed by atoms with Crippen molar-refractivity contribution in [1.29, 1.82) is 0 Å². The van der Waals surface area contributed by atoms with Crippen LogP contribution in [0.1, 0.15) is 16.7 Å². The Morgan fingerprint density at radius 2 is 1.75 bits per heavy atom. The van der Waals surface area contributed by atoms with Crippen LogP contribution in [0.3, 0.4) is 0 Å². The van der Waals surface area contributed by atoms with Gasteiger partial charge in [-0.1, -0.05) is 12.1 Å². The zero-order valence-electron chi connectivity index (χ0n) is 14.4. The van der Waals surface area contributed by atoms with Crippen LogP contribution in [-0.4, -0.2) is 28.7 Å². The molecule has 5 nitrogen and oxygen atoms in total. The van der Waals surface area contributed by atoms with Crippen molar-refractivity contribution in [1.82, 2.24) is 4.72 Å². The molecule has 0 radical (unpaired) electrons. The van der Waals surface area contributed by atoms with Crippen molar-refractivity contribution in [3.05, 3.63) is 53.1 Å². The van der Waals surface area contributed by atoms with E-state index in [0.717, 1.165) is 16.9 Å². The van der Waals surface area contributed by atoms with Crippen LogP contribution in [-0.2, 0) is 10.0 Å². The monoisotopic (exact) mass is 349 g/mol. The predicted molar refractivity (Wildman–Crippen MR) is 94.3 cm³/mol. The minimum atomic E-state index is -3.57. The number of sulfonamides is 1. The SMILES string of the molecule is COc1ccc(S(=O)(=O)NCCOc2cc(C)ccc2C)c(C)c1. The third kappa shape index (κ3) is 4.49. The van der Waals surface area contributed by atoms with E-state index in [4.69, 9.17) is 9.47 Å². The molecule has 0 bridgehead atoms. The van der Waals surface area contributed by atoms with E-state index in [9.17, 15) is 8.42 Å². The minimum Gasteiger partial charge on any atom is -0.497 e. The molecule has 0 unspecified atom stereocenters. The molecule has 0 saturated heterocycles. The molecule has 0 amide bonds. The number of ether oxygens (including phenoxy) is 2. The number of rotatable bonds is 7. The highest BCUT2D eigenvalue weighted by Gasteiger charge is 2.16. The Balaban J connectivity index is 1.97. The summed E-state index contributed by atoms with van der Waals surface area (Å²) < 4.78 is 38.1. The van der Waals surface area contributed by atoms with E-state index in [1.807, 2.05) is 32.0 Å². The van der Waals surface area contributed by atoms with Gasteiger partial charge in [-0.3, -0.25) is 0 Å². The summed E-state index contributed by atoms with van der Waals surface area (Å²) in [5.41, 5.74) is 2.76. The Hall–Kier alpha value is -2.05. The highest BCUT2D eigenvalue weighted by molar-refractivity contribution is 7.89. The van der Waals surface area contributed by atoms with Gasteiger partial charge < -0.3 is 9.47 Å². The molecule has 0 spiro atoms. The summed E-state index contributed by atoms with van der Waals surface area (Å²) in [6, 6.07) is 10.8. The second-order valence-corrected chi connectivity index (χ2v) is 7.38. The fraction of sp³-hybridized carbons (Fsp3) is 0.333. The quantitative estimate of drug-likeness (QED) is 0.781. The fourth-order valence-corrected chi connectivity index (χ4v) is 3.57. The van der Waals surface area contributed by atoms with Crippen LogP contribution >= 0.6 is 0 Å². The molecule has 2 rings (SSSR count). The smallest absolute Gasteiger partial charge is 0.240 e. The van der Waals surface area contributed by atoms with E-state index < -0.39 is 10.0 Å². The highest BCUT2D eigenvalue weighted by atomic mass is 32.2. The summed E-state index contributed by atoms with van der Waals surface area (Å²) in [5.74, 6) is 1.40. The molecule has 0 aliphatic rings. The summed E-state index contributed by atoms with van der Waals surface area (Å²) in [6.07, 6.45) is 0. The fourth-order valence-electron chi connectivity index (χ4n) is 2.33. The van der Waals surface area contributed by atoms with Crippen molar-refractivity contribution < 1.29 is 17.9 Å². The lowest BCUT2D eigenvalue weighted by Crippen LogP contribution is -2.28. The number of hydrogen-bond acceptors (Lipinski definition) is 4. The minimum absolute atomic E-state index is 0.196. The van der Waals surface area contributed by atoms with Gasteiger partial charge in [0.1, 0.15) is 18.1 Å². The Labute approximate surface area is 143 Å². The Morgan fingerprint density at radius 1 is 1.00 bits per heavy atom. The molecule has 0 atom stereocenters. The van der Waals surface area contributed by atoms with Crippen molar-refractivity contribution >= 4 is 10.0 Å². The summed E-state index contributed by atoms with van der Waals surface area (Å²) in [7, 11) is -2.03. The van der Waals surface area contributed by atoms with Crippen LogP contribution in [0, 0.1) is 20.8 Å². The van der Waals surface area contributed by atoms with Gasteiger partial charge in [0.2, 0.25) is 10.0 Å². The Bertz CT molecular complexity index is 816. The number of hydrogen-bond donors (Lipinski definition) is 1. The third-order valence-corrected chi connectivity index (χ3v) is 5.29. The molecule has 2 aromatic carbocycles. The lowest BCUT2D eigenvalue weighted by Gasteiger charge is -2.12. The summed E-state index contributed by atoms with van der Waals surface area (Å²) in [4.78, 5) is 0.245. The van der Waals surface area contributed by atoms with Gasteiger partial charge in [-0.15, -0.1) is 0 Å². The summed E-state index contributed by atoms with van der Waals surface area (Å²) in [5, 5.41) is 0. The van der Waals surface area contributed by atoms with Gasteiger partial charge in [-0.25, -0.2) is 13.1 Å². The lowest BCUT2D eigenvalue weighted by molar-refractivity contribution is 0.320. The normalized spacial score (nSPS) is 11.3. The zero-order chi connectivity index (χ0) is 17.7. The van der Waals surface area contributed by atoms with Gasteiger partial charge in [0.05, 0.1) is 12.0 Å². The molecule has 0 aromatic heterocycles. The molecule has 0 aliphatic heterocycles. The van der Waals surface area contributed by atoms with Crippen LogP contribution in [0.15, 0.2) is 41.3 Å². The first kappa shape index (κ1) is 18.3. The van der Waals surface area contributed by atoms with Gasteiger partial charge in [0, 0.05) is 6.54 Å². The Morgan fingerprint density at radius 3 is 2.42 bits per heavy atom. The van der Waals surface area contributed by atoms with E-state index >= 15 is 0 Å². The molecule has 24 heavy (non-hydrogen) atoms. The summed E-state index contributed by atoms with van der Waals surface area (Å²) >= 11 is 0. The van der Waals surface area contributed by atoms with E-state index in [2.05, 4.69) is 4.72 Å². The molecule has 0 fully saturated rings. The maximum Gasteiger partial charge on any atom is 0.240 e. The van der Waals surface area contributed by atoms with Gasteiger partial charge in [-0.2, -0.15) is 0 Å². The zero-order valence-corrected chi connectivity index (χ0v) is 15.2. The van der Waals surface area contributed by atoms with Crippen molar-refractivity contribution in [2.75, 3.05) is 20.3 Å². The molecule has 6 heteroatoms. The van der Waals surface area contributed by atoms with Crippen molar-refractivity contribution in [2.45, 2.75) is 25.7 Å². The molecular formula is C18H23NO4S. The first-order valence-electron chi connectivity index (χ1n) is 7.68. The molecular weight excluding hydrogens is 326 g/mol. The van der Waals surface area contributed by atoms with Crippen molar-refractivity contribution in [3.63, 3.8) is 0 Å². The van der Waals surface area contributed by atoms with Crippen LogP contribution < -0.4 is 14.2 Å². The number of benzene rings is 2. The Kier molecular flexibility index (Phi) is 5.85. The average Bonchev–Trinajstić information content (AvgIpc) is 2.54. The van der Waals surface area contributed by atoms with E-state index in [1.165, 1.54) is 0 Å². The predicted octanol–water partition coefficient (Wildman–Crippen LogP) is 2.98. The van der Waals surface area contributed by atoms with Crippen LogP contribution in [0.5, 0.6) is 11.5 Å². The molecule has 0 saturated carbocycles. The first-order chi connectivity index (χ1) is 11.3. The topological polar surface area (TPSA) is 64.6 Å². The molecule has 1 N–H and O–H groups in total. The van der Waals surface area contributed by atoms with Gasteiger partial charge >= 0.3 is 0 Å². The van der Waals surface area contributed by atoms with Crippen molar-refractivity contribution in [3.8, 4) is 11.5 Å². The largest absolute Gasteiger partial charge is 0.497 e. The molecule has 0 aliphatic carbocycles. The number of nitrogens with one attached hydrogen (secondary N) is 1. The highest BCUT2D eigenvalue weighted by Crippen LogP contribution is 2.21. The van der Waals surface area contributed by atoms with E-state index in [-0.39, 0.29) is 18.0 Å². The van der Waals surface area contributed by atoms with Crippen molar-refractivity contribution in [2.24, 2.45) is 0 Å². The van der Waals surface area contributed by atoms with Crippen LogP contribution in [0.2, 0.25) is 0 Å². The molecule has 0 heterocycles. The average molecular weight is 349 g/mol. The second kappa shape index (κ2) is 7.68. The van der Waals surface area contributed by atoms with E-state index in [0.29, 0.717) is 11.3 Å². The van der Waals surface area contributed by atoms with Gasteiger partial charge in [-0.05, 0) is 61.7 Å². The third-order valence-electron chi connectivity index (χ3n) is 3.67. The molecule has 2 aromatic rings. The lowest BCUT2D eigenvalue weighted by atomic mass is 10.1.